The molecule has 0 aromatic carbocycles. The lowest BCUT2D eigenvalue weighted by Gasteiger charge is -2.47. The Kier molecular flexibility index (Phi) is 19.1. The normalized spacial score (nSPS) is 15.9. The molecular weight excluding hydrogens is 458 g/mol. The predicted molar refractivity (Wildman–Crippen MR) is 145 cm³/mol. The molecule has 0 rings (SSSR count). The second kappa shape index (κ2) is 20.2. The summed E-state index contributed by atoms with van der Waals surface area (Å²) in [6, 6.07) is -3.37. The molecule has 0 fully saturated rings. The first kappa shape index (κ1) is 34.1. The molecule has 0 aromatic heterocycles. The molecule has 0 heterocycles. The summed E-state index contributed by atoms with van der Waals surface area (Å²) >= 11 is 0. The summed E-state index contributed by atoms with van der Waals surface area (Å²) in [5.74, 6) is -3.52. The van der Waals surface area contributed by atoms with Gasteiger partial charge in [-0.2, -0.15) is 0 Å². The fourth-order valence-electron chi connectivity index (χ4n) is 5.19. The Bertz CT molecular complexity index is 597. The maximum atomic E-state index is 11.8. The van der Waals surface area contributed by atoms with E-state index in [0.29, 0.717) is 6.42 Å². The van der Waals surface area contributed by atoms with Crippen LogP contribution in [0.15, 0.2) is 12.2 Å². The van der Waals surface area contributed by atoms with Crippen LogP contribution in [0.25, 0.3) is 0 Å². The molecule has 3 N–H and O–H groups in total. The molecule has 0 aliphatic heterocycles. The highest BCUT2D eigenvalue weighted by atomic mass is 16.4. The second-order valence-electron chi connectivity index (χ2n) is 10.4. The van der Waals surface area contributed by atoms with Gasteiger partial charge in [-0.15, -0.1) is 0 Å². The van der Waals surface area contributed by atoms with Gasteiger partial charge in [-0.25, -0.2) is 14.4 Å². The lowest BCUT2D eigenvalue weighted by Crippen LogP contribution is -2.70. The fraction of sp³-hybridized carbons (Fsp3) is 0.828. The number of nitrogens with zero attached hydrogens (tertiary/aromatic N) is 1. The number of hydrogen-bond donors (Lipinski definition) is 3. The number of allylic oxidation sites excluding steroid dienone is 2. The van der Waals surface area contributed by atoms with E-state index in [1.807, 2.05) is 0 Å². The monoisotopic (exact) mass is 512 g/mol. The number of aliphatic carboxylic acids is 3. The van der Waals surface area contributed by atoms with Gasteiger partial charge in [0.1, 0.15) is 0 Å². The largest absolute Gasteiger partial charge is 0.477 e. The van der Waals surface area contributed by atoms with Crippen molar-refractivity contribution in [1.29, 1.82) is 0 Å². The van der Waals surface area contributed by atoms with Crippen molar-refractivity contribution in [2.75, 3.05) is 6.54 Å². The summed E-state index contributed by atoms with van der Waals surface area (Å²) in [4.78, 5) is 35.4. The minimum Gasteiger partial charge on any atom is -0.477 e. The van der Waals surface area contributed by atoms with Crippen molar-refractivity contribution < 1.29 is 34.2 Å². The van der Waals surface area contributed by atoms with E-state index in [-0.39, 0.29) is 6.54 Å². The quantitative estimate of drug-likeness (QED) is 0.0726. The summed E-state index contributed by atoms with van der Waals surface area (Å²) < 4.78 is -0.479. The van der Waals surface area contributed by atoms with Gasteiger partial charge in [-0.05, 0) is 59.3 Å². The van der Waals surface area contributed by atoms with Crippen LogP contribution in [-0.2, 0) is 14.4 Å². The Balaban J connectivity index is 4.22. The Labute approximate surface area is 219 Å². The average molecular weight is 513 g/mol. The lowest BCUT2D eigenvalue weighted by molar-refractivity contribution is -0.968. The van der Waals surface area contributed by atoms with E-state index in [2.05, 4.69) is 19.1 Å². The topological polar surface area (TPSA) is 112 Å². The van der Waals surface area contributed by atoms with Crippen molar-refractivity contribution in [1.82, 2.24) is 0 Å². The van der Waals surface area contributed by atoms with E-state index < -0.39 is 40.5 Å². The predicted octanol–water partition coefficient (Wildman–Crippen LogP) is 7.04. The summed E-state index contributed by atoms with van der Waals surface area (Å²) in [6.45, 7) is 6.73. The van der Waals surface area contributed by atoms with Crippen LogP contribution in [0.5, 0.6) is 0 Å². The Morgan fingerprint density at radius 2 is 0.861 bits per heavy atom. The zero-order valence-corrected chi connectivity index (χ0v) is 23.4. The number of quaternary nitrogens is 1. The van der Waals surface area contributed by atoms with Crippen LogP contribution >= 0.6 is 0 Å². The van der Waals surface area contributed by atoms with Crippen molar-refractivity contribution >= 4 is 17.9 Å². The van der Waals surface area contributed by atoms with E-state index >= 15 is 0 Å². The van der Waals surface area contributed by atoms with E-state index in [9.17, 15) is 29.7 Å². The van der Waals surface area contributed by atoms with E-state index in [0.717, 1.165) is 25.7 Å². The second-order valence-corrected chi connectivity index (χ2v) is 10.4. The van der Waals surface area contributed by atoms with E-state index in [1.54, 1.807) is 0 Å². The molecule has 0 spiro atoms. The standard InChI is InChI=1S/C29H53NO6/c1-5-6-7-8-9-10-11-12-13-14-15-16-17-18-19-20-21-22-23-30(24(2)27(31)32,25(3)28(33)34)26(4)29(35)36/h11-12,24-26H,5-10,13-23H2,1-4H3,(H2-,31,32,33,34,35,36)/p+1/b12-11+. The Hall–Kier alpha value is -1.89. The van der Waals surface area contributed by atoms with Crippen LogP contribution in [-0.4, -0.2) is 62.4 Å². The third-order valence-corrected chi connectivity index (χ3v) is 7.79. The van der Waals surface area contributed by atoms with Gasteiger partial charge in [-0.1, -0.05) is 83.3 Å². The van der Waals surface area contributed by atoms with Crippen LogP contribution in [0.1, 0.15) is 130 Å². The van der Waals surface area contributed by atoms with Crippen LogP contribution in [0.2, 0.25) is 0 Å². The molecule has 0 saturated heterocycles. The van der Waals surface area contributed by atoms with Crippen molar-refractivity contribution in [2.24, 2.45) is 0 Å². The molecule has 0 aliphatic rings. The van der Waals surface area contributed by atoms with Gasteiger partial charge < -0.3 is 15.3 Å². The minimum absolute atomic E-state index is 0.223. The van der Waals surface area contributed by atoms with Gasteiger partial charge in [0.25, 0.3) is 0 Å². The molecule has 3 atom stereocenters. The van der Waals surface area contributed by atoms with Crippen molar-refractivity contribution in [3.05, 3.63) is 12.2 Å². The molecule has 36 heavy (non-hydrogen) atoms. The summed E-state index contributed by atoms with van der Waals surface area (Å²) in [5, 5.41) is 28.9. The zero-order valence-electron chi connectivity index (χ0n) is 23.4. The Morgan fingerprint density at radius 1 is 0.556 bits per heavy atom. The molecule has 0 amide bonds. The molecule has 0 aromatic rings. The first-order valence-electron chi connectivity index (χ1n) is 14.3. The van der Waals surface area contributed by atoms with Gasteiger partial charge in [0, 0.05) is 0 Å². The van der Waals surface area contributed by atoms with Crippen molar-refractivity contribution in [3.63, 3.8) is 0 Å². The average Bonchev–Trinajstić information content (AvgIpc) is 2.84. The molecule has 7 heteroatoms. The van der Waals surface area contributed by atoms with E-state index in [4.69, 9.17) is 0 Å². The van der Waals surface area contributed by atoms with E-state index in [1.165, 1.54) is 91.4 Å². The SMILES string of the molecule is CCCCCCC/C=C/CCCCCCCCCCC[N+](C(C)C(=O)O)(C(C)C(=O)O)C(C)C(=O)O. The third-order valence-electron chi connectivity index (χ3n) is 7.79. The van der Waals surface area contributed by atoms with Crippen molar-refractivity contribution in [3.8, 4) is 0 Å². The third kappa shape index (κ3) is 12.9. The first-order chi connectivity index (χ1) is 17.1. The lowest BCUT2D eigenvalue weighted by atomic mass is 10.00. The molecule has 0 saturated carbocycles. The number of hydrogen-bond acceptors (Lipinski definition) is 3. The smallest absolute Gasteiger partial charge is 0.362 e. The van der Waals surface area contributed by atoms with Gasteiger partial charge in [0.2, 0.25) is 0 Å². The maximum absolute atomic E-state index is 11.8. The minimum atomic E-state index is -1.17. The van der Waals surface area contributed by atoms with Gasteiger partial charge in [-0.3, -0.25) is 4.48 Å². The zero-order chi connectivity index (χ0) is 27.4. The number of carbonyl (C=O) groups is 3. The summed E-state index contributed by atoms with van der Waals surface area (Å²) in [6.07, 6.45) is 23.4. The van der Waals surface area contributed by atoms with Crippen LogP contribution in [0, 0.1) is 0 Å². The summed E-state index contributed by atoms with van der Waals surface area (Å²) in [7, 11) is 0. The highest BCUT2D eigenvalue weighted by molar-refractivity contribution is 5.77. The molecular formula is C29H54NO6+. The van der Waals surface area contributed by atoms with Gasteiger partial charge >= 0.3 is 17.9 Å². The first-order valence-corrected chi connectivity index (χ1v) is 14.3. The molecule has 0 aliphatic carbocycles. The number of carboxylic acid groups (broad SMARTS) is 3. The highest BCUT2D eigenvalue weighted by Gasteiger charge is 2.52. The van der Waals surface area contributed by atoms with Crippen LogP contribution in [0.4, 0.5) is 0 Å². The van der Waals surface area contributed by atoms with Crippen LogP contribution < -0.4 is 0 Å². The molecule has 7 nitrogen and oxygen atoms in total. The summed E-state index contributed by atoms with van der Waals surface area (Å²) in [5.41, 5.74) is 0. The Morgan fingerprint density at radius 3 is 1.19 bits per heavy atom. The number of rotatable bonds is 24. The number of unbranched alkanes of at least 4 members (excludes halogenated alkanes) is 14. The molecule has 0 bridgehead atoms. The molecule has 0 radical (unpaired) electrons. The molecule has 210 valence electrons. The van der Waals surface area contributed by atoms with Crippen molar-refractivity contribution in [2.45, 2.75) is 149 Å². The molecule has 3 unspecified atom stereocenters. The van der Waals surface area contributed by atoms with Gasteiger partial charge in [0.05, 0.1) is 6.54 Å². The van der Waals surface area contributed by atoms with Gasteiger partial charge in [0.15, 0.2) is 18.1 Å². The fourth-order valence-corrected chi connectivity index (χ4v) is 5.19. The van der Waals surface area contributed by atoms with Crippen LogP contribution in [0.3, 0.4) is 0 Å². The highest BCUT2D eigenvalue weighted by Crippen LogP contribution is 2.27. The maximum Gasteiger partial charge on any atom is 0.362 e. The number of carboxylic acids is 3.